The Morgan fingerprint density at radius 3 is 3.00 bits per heavy atom. The number of nitrogens with zero attached hydrogens (tertiary/aromatic N) is 2. The lowest BCUT2D eigenvalue weighted by Gasteiger charge is -2.23. The van der Waals surface area contributed by atoms with Gasteiger partial charge >= 0.3 is 0 Å². The van der Waals surface area contributed by atoms with Gasteiger partial charge in [-0.15, -0.1) is 0 Å². The van der Waals surface area contributed by atoms with Crippen LogP contribution in [-0.4, -0.2) is 37.1 Å². The van der Waals surface area contributed by atoms with Crippen molar-refractivity contribution in [1.29, 1.82) is 0 Å². The number of rotatable bonds is 5. The molecule has 1 unspecified atom stereocenters. The number of aromatic nitrogens is 2. The quantitative estimate of drug-likeness (QED) is 0.809. The second-order valence-electron chi connectivity index (χ2n) is 4.54. The largest absolute Gasteiger partial charge is 0.336 e. The minimum atomic E-state index is -3.47. The molecule has 0 radical (unpaired) electrons. The molecule has 0 bridgehead atoms. The third kappa shape index (κ3) is 3.30. The normalized spacial score (nSPS) is 21.1. The lowest BCUT2D eigenvalue weighted by Crippen LogP contribution is -2.43. The molecule has 0 amide bonds. The van der Waals surface area contributed by atoms with Crippen molar-refractivity contribution in [3.05, 3.63) is 12.5 Å². The molecule has 2 N–H and O–H groups in total. The van der Waals surface area contributed by atoms with Crippen LogP contribution in [-0.2, 0) is 16.6 Å². The zero-order valence-corrected chi connectivity index (χ0v) is 11.4. The summed E-state index contributed by atoms with van der Waals surface area (Å²) in [5.41, 5.74) is 0. The Kier molecular flexibility index (Phi) is 4.36. The van der Waals surface area contributed by atoms with E-state index in [1.54, 1.807) is 10.8 Å². The summed E-state index contributed by atoms with van der Waals surface area (Å²) in [7, 11) is -3.47. The Hall–Kier alpha value is -0.920. The topological polar surface area (TPSA) is 76.0 Å². The highest BCUT2D eigenvalue weighted by Gasteiger charge is 2.20. The van der Waals surface area contributed by atoms with Crippen LogP contribution in [0.15, 0.2) is 17.6 Å². The van der Waals surface area contributed by atoms with Gasteiger partial charge in [-0.05, 0) is 26.3 Å². The molecule has 1 saturated heterocycles. The molecule has 0 aromatic carbocycles. The van der Waals surface area contributed by atoms with E-state index in [0.29, 0.717) is 13.1 Å². The molecule has 1 atom stereocenters. The first-order valence-corrected chi connectivity index (χ1v) is 7.85. The van der Waals surface area contributed by atoms with Crippen LogP contribution in [0.25, 0.3) is 0 Å². The van der Waals surface area contributed by atoms with E-state index in [9.17, 15) is 8.42 Å². The van der Waals surface area contributed by atoms with E-state index in [4.69, 9.17) is 0 Å². The first kappa shape index (κ1) is 13.5. The average molecular weight is 272 g/mol. The molecule has 1 aromatic rings. The van der Waals surface area contributed by atoms with Crippen molar-refractivity contribution in [2.75, 3.05) is 13.1 Å². The zero-order chi connectivity index (χ0) is 13.0. The number of hydrogen-bond acceptors (Lipinski definition) is 4. The summed E-state index contributed by atoms with van der Waals surface area (Å²) in [5, 5.41) is 3.40. The maximum absolute atomic E-state index is 12.0. The van der Waals surface area contributed by atoms with Crippen LogP contribution in [0.3, 0.4) is 0 Å². The monoisotopic (exact) mass is 272 g/mol. The van der Waals surface area contributed by atoms with Crippen molar-refractivity contribution in [2.24, 2.45) is 0 Å². The highest BCUT2D eigenvalue weighted by atomic mass is 32.2. The van der Waals surface area contributed by atoms with E-state index in [2.05, 4.69) is 15.0 Å². The van der Waals surface area contributed by atoms with Gasteiger partial charge in [-0.3, -0.25) is 0 Å². The molecule has 102 valence electrons. The van der Waals surface area contributed by atoms with E-state index in [1.807, 2.05) is 6.92 Å². The fourth-order valence-electron chi connectivity index (χ4n) is 2.03. The van der Waals surface area contributed by atoms with Crippen molar-refractivity contribution in [1.82, 2.24) is 19.6 Å². The summed E-state index contributed by atoms with van der Waals surface area (Å²) in [4.78, 5) is 3.91. The molecule has 1 aromatic heterocycles. The number of hydrogen-bond donors (Lipinski definition) is 2. The highest BCUT2D eigenvalue weighted by Crippen LogP contribution is 2.08. The summed E-state index contributed by atoms with van der Waals surface area (Å²) >= 11 is 0. The molecule has 18 heavy (non-hydrogen) atoms. The van der Waals surface area contributed by atoms with Crippen molar-refractivity contribution < 1.29 is 8.42 Å². The van der Waals surface area contributed by atoms with Gasteiger partial charge in [0.25, 0.3) is 10.0 Å². The Morgan fingerprint density at radius 2 is 2.39 bits per heavy atom. The SMILES string of the molecule is CCn1cnc(S(=O)(=O)NCC2CCCCN2)c1. The van der Waals surface area contributed by atoms with Gasteiger partial charge in [0.15, 0.2) is 5.03 Å². The summed E-state index contributed by atoms with van der Waals surface area (Å²) in [6.07, 6.45) is 6.43. The second kappa shape index (κ2) is 5.81. The smallest absolute Gasteiger partial charge is 0.259 e. The summed E-state index contributed by atoms with van der Waals surface area (Å²) < 4.78 is 28.3. The molecule has 1 aliphatic heterocycles. The van der Waals surface area contributed by atoms with Crippen LogP contribution >= 0.6 is 0 Å². The van der Waals surface area contributed by atoms with E-state index in [-0.39, 0.29) is 11.1 Å². The zero-order valence-electron chi connectivity index (χ0n) is 10.6. The third-order valence-electron chi connectivity index (χ3n) is 3.18. The third-order valence-corrected chi connectivity index (χ3v) is 4.49. The van der Waals surface area contributed by atoms with Gasteiger partial charge in [0.1, 0.15) is 0 Å². The highest BCUT2D eigenvalue weighted by molar-refractivity contribution is 7.89. The molecule has 1 aliphatic rings. The van der Waals surface area contributed by atoms with Crippen molar-refractivity contribution >= 4 is 10.0 Å². The van der Waals surface area contributed by atoms with E-state index >= 15 is 0 Å². The number of imidazole rings is 1. The Balaban J connectivity index is 1.94. The first-order valence-electron chi connectivity index (χ1n) is 6.36. The van der Waals surface area contributed by atoms with E-state index in [0.717, 1.165) is 19.4 Å². The fourth-order valence-corrected chi connectivity index (χ4v) is 3.06. The maximum Gasteiger partial charge on any atom is 0.259 e. The van der Waals surface area contributed by atoms with Crippen molar-refractivity contribution in [2.45, 2.75) is 43.8 Å². The van der Waals surface area contributed by atoms with Gasteiger partial charge in [0.05, 0.1) is 6.33 Å². The number of sulfonamides is 1. The summed E-state index contributed by atoms with van der Waals surface area (Å²) in [6.45, 7) is 4.06. The van der Waals surface area contributed by atoms with Crippen LogP contribution in [0, 0.1) is 0 Å². The summed E-state index contributed by atoms with van der Waals surface area (Å²) in [5.74, 6) is 0. The lowest BCUT2D eigenvalue weighted by molar-refractivity contribution is 0.398. The van der Waals surface area contributed by atoms with Gasteiger partial charge in [-0.25, -0.2) is 18.1 Å². The molecule has 2 heterocycles. The lowest BCUT2D eigenvalue weighted by atomic mass is 10.1. The van der Waals surface area contributed by atoms with Crippen molar-refractivity contribution in [3.8, 4) is 0 Å². The van der Waals surface area contributed by atoms with Crippen LogP contribution < -0.4 is 10.0 Å². The molecular formula is C11H20N4O2S. The van der Waals surface area contributed by atoms with Crippen LogP contribution in [0.4, 0.5) is 0 Å². The van der Waals surface area contributed by atoms with Crippen LogP contribution in [0.1, 0.15) is 26.2 Å². The molecular weight excluding hydrogens is 252 g/mol. The molecule has 1 fully saturated rings. The van der Waals surface area contributed by atoms with Crippen LogP contribution in [0.5, 0.6) is 0 Å². The second-order valence-corrected chi connectivity index (χ2v) is 6.25. The predicted octanol–water partition coefficient (Wildman–Crippen LogP) is 0.323. The van der Waals surface area contributed by atoms with Crippen molar-refractivity contribution in [3.63, 3.8) is 0 Å². The maximum atomic E-state index is 12.0. The standard InChI is InChI=1S/C11H20N4O2S/c1-2-15-8-11(13-9-15)18(16,17)14-7-10-5-3-4-6-12-10/h8-10,12,14H,2-7H2,1H3. The predicted molar refractivity (Wildman–Crippen MR) is 68.7 cm³/mol. The molecule has 7 heteroatoms. The minimum absolute atomic E-state index is 0.0974. The van der Waals surface area contributed by atoms with Gasteiger partial charge < -0.3 is 9.88 Å². The molecule has 2 rings (SSSR count). The molecule has 0 aliphatic carbocycles. The summed E-state index contributed by atoms with van der Waals surface area (Å²) in [6, 6.07) is 0.238. The Labute approximate surface area is 108 Å². The van der Waals surface area contributed by atoms with Crippen LogP contribution in [0.2, 0.25) is 0 Å². The van der Waals surface area contributed by atoms with E-state index in [1.165, 1.54) is 12.7 Å². The number of nitrogens with one attached hydrogen (secondary N) is 2. The average Bonchev–Trinajstić information content (AvgIpc) is 2.87. The Bertz CT molecular complexity index is 477. The van der Waals surface area contributed by atoms with Gasteiger partial charge in [0.2, 0.25) is 0 Å². The first-order chi connectivity index (χ1) is 8.62. The Morgan fingerprint density at radius 1 is 1.56 bits per heavy atom. The molecule has 0 saturated carbocycles. The molecule has 6 nitrogen and oxygen atoms in total. The molecule has 0 spiro atoms. The van der Waals surface area contributed by atoms with Gasteiger partial charge in [-0.2, -0.15) is 0 Å². The fraction of sp³-hybridized carbons (Fsp3) is 0.727. The van der Waals surface area contributed by atoms with Gasteiger partial charge in [0, 0.05) is 25.3 Å². The van der Waals surface area contributed by atoms with Gasteiger partial charge in [-0.1, -0.05) is 6.42 Å². The van der Waals surface area contributed by atoms with E-state index < -0.39 is 10.0 Å². The number of aryl methyl sites for hydroxylation is 1. The number of piperidine rings is 1. The minimum Gasteiger partial charge on any atom is -0.336 e.